The van der Waals surface area contributed by atoms with Gasteiger partial charge in [-0.1, -0.05) is 56.4 Å². The van der Waals surface area contributed by atoms with Gasteiger partial charge in [0.15, 0.2) is 0 Å². The first kappa shape index (κ1) is 25.5. The molecular weight excluding hydrogens is 450 g/mol. The first-order chi connectivity index (χ1) is 13.8. The fourth-order valence-corrected chi connectivity index (χ4v) is 4.22. The maximum absolute atomic E-state index is 11.1. The van der Waals surface area contributed by atoms with E-state index in [2.05, 4.69) is 59.1 Å². The first-order valence-corrected chi connectivity index (χ1v) is 11.4. The fourth-order valence-electron chi connectivity index (χ4n) is 3.43. The highest BCUT2D eigenvalue weighted by Crippen LogP contribution is 2.45. The quantitative estimate of drug-likeness (QED) is 0.312. The number of likely N-dealkylation sites (N-methyl/N-ethyl adjacent to an activating group) is 1. The Balaban J connectivity index is 0.000000612. The zero-order chi connectivity index (χ0) is 21.9. The van der Waals surface area contributed by atoms with Crippen LogP contribution in [0.3, 0.4) is 0 Å². The van der Waals surface area contributed by atoms with Gasteiger partial charge < -0.3 is 10.0 Å². The number of benzene rings is 1. The molecule has 29 heavy (non-hydrogen) atoms. The first-order valence-electron chi connectivity index (χ1n) is 10.0. The number of hydrogen-bond donors (Lipinski definition) is 1. The van der Waals surface area contributed by atoms with Crippen LogP contribution in [0.2, 0.25) is 0 Å². The molecule has 3 nitrogen and oxygen atoms in total. The number of anilines is 1. The second-order valence-corrected chi connectivity index (χ2v) is 8.68. The van der Waals surface area contributed by atoms with E-state index in [-0.39, 0.29) is 11.8 Å². The van der Waals surface area contributed by atoms with Crippen molar-refractivity contribution in [1.29, 1.82) is 0 Å². The van der Waals surface area contributed by atoms with E-state index < -0.39 is 5.97 Å². The van der Waals surface area contributed by atoms with E-state index in [1.54, 1.807) is 0 Å². The molecule has 1 aliphatic rings. The van der Waals surface area contributed by atoms with Crippen molar-refractivity contribution in [3.63, 3.8) is 0 Å². The number of carboxylic acid groups (broad SMARTS) is 1. The number of rotatable bonds is 8. The van der Waals surface area contributed by atoms with Crippen LogP contribution in [0, 0.1) is 5.41 Å². The summed E-state index contributed by atoms with van der Waals surface area (Å²) in [5.41, 5.74) is 3.36. The number of carboxylic acids is 1. The lowest BCUT2D eigenvalue weighted by Crippen LogP contribution is -2.18. The van der Waals surface area contributed by atoms with Gasteiger partial charge in [0.1, 0.15) is 0 Å². The van der Waals surface area contributed by atoms with Crippen LogP contribution in [0.25, 0.3) is 5.57 Å². The van der Waals surface area contributed by atoms with Crippen LogP contribution in [-0.2, 0) is 4.79 Å². The molecule has 0 amide bonds. The molecule has 1 aromatic rings. The van der Waals surface area contributed by atoms with Crippen molar-refractivity contribution in [2.75, 3.05) is 24.4 Å². The minimum absolute atomic E-state index is 0.189. The molecule has 1 atom stereocenters. The van der Waals surface area contributed by atoms with Crippen LogP contribution in [0.5, 0.6) is 0 Å². The molecule has 0 spiro atoms. The Labute approximate surface area is 189 Å². The predicted molar refractivity (Wildman–Crippen MR) is 130 cm³/mol. The van der Waals surface area contributed by atoms with Gasteiger partial charge in [0, 0.05) is 29.5 Å². The minimum atomic E-state index is -0.732. The van der Waals surface area contributed by atoms with Gasteiger partial charge in [-0.25, -0.2) is 0 Å². The van der Waals surface area contributed by atoms with Crippen molar-refractivity contribution in [3.8, 4) is 0 Å². The summed E-state index contributed by atoms with van der Waals surface area (Å²) in [4.78, 5) is 13.3. The van der Waals surface area contributed by atoms with Gasteiger partial charge in [-0.2, -0.15) is 0 Å². The molecular formula is C24H33BrClNO2. The van der Waals surface area contributed by atoms with E-state index in [0.29, 0.717) is 5.88 Å². The van der Waals surface area contributed by atoms with Crippen LogP contribution in [0.1, 0.15) is 52.0 Å². The van der Waals surface area contributed by atoms with Crippen LogP contribution in [-0.4, -0.2) is 30.5 Å². The molecule has 1 aliphatic carbocycles. The Kier molecular flexibility index (Phi) is 11.4. The molecule has 0 radical (unpaired) electrons. The van der Waals surface area contributed by atoms with E-state index in [4.69, 9.17) is 16.7 Å². The Morgan fingerprint density at radius 3 is 2.62 bits per heavy atom. The van der Waals surface area contributed by atoms with E-state index in [9.17, 15) is 4.79 Å². The summed E-state index contributed by atoms with van der Waals surface area (Å²) in [7, 11) is 2.08. The second kappa shape index (κ2) is 12.9. The zero-order valence-corrected chi connectivity index (χ0v) is 20.3. The van der Waals surface area contributed by atoms with E-state index in [0.717, 1.165) is 36.0 Å². The maximum atomic E-state index is 11.1. The molecule has 0 aliphatic heterocycles. The average molecular weight is 483 g/mol. The third-order valence-electron chi connectivity index (χ3n) is 4.86. The molecule has 160 valence electrons. The molecule has 5 heteroatoms. The second-order valence-electron chi connectivity index (χ2n) is 7.51. The highest BCUT2D eigenvalue weighted by atomic mass is 79.9. The van der Waals surface area contributed by atoms with Gasteiger partial charge in [0.2, 0.25) is 0 Å². The highest BCUT2D eigenvalue weighted by Gasteiger charge is 2.32. The molecule has 0 heterocycles. The van der Waals surface area contributed by atoms with Crippen molar-refractivity contribution in [3.05, 3.63) is 58.6 Å². The number of hydrogen-bond acceptors (Lipinski definition) is 2. The molecule has 1 unspecified atom stereocenters. The fraction of sp³-hybridized carbons (Fsp3) is 0.458. The Morgan fingerprint density at radius 2 is 2.07 bits per heavy atom. The molecule has 1 aromatic carbocycles. The lowest BCUT2D eigenvalue weighted by Gasteiger charge is -2.23. The highest BCUT2D eigenvalue weighted by molar-refractivity contribution is 9.10. The molecule has 1 N–H and O–H groups in total. The number of carbonyl (C=O) groups is 1. The van der Waals surface area contributed by atoms with Crippen molar-refractivity contribution in [2.24, 2.45) is 5.41 Å². The SMILES string of the molecule is C/C=C/CN(C)c1c(Br)cccc1C1=CC(C)(CC(=O)O)CC1.CC/C=C\CCl. The topological polar surface area (TPSA) is 40.5 Å². The van der Waals surface area contributed by atoms with Gasteiger partial charge in [0.25, 0.3) is 0 Å². The minimum Gasteiger partial charge on any atom is -0.481 e. The normalized spacial score (nSPS) is 18.6. The molecule has 0 aromatic heterocycles. The van der Waals surface area contributed by atoms with Gasteiger partial charge in [0.05, 0.1) is 12.1 Å². The lowest BCUT2D eigenvalue weighted by atomic mass is 9.86. The summed E-state index contributed by atoms with van der Waals surface area (Å²) in [6, 6.07) is 6.22. The summed E-state index contributed by atoms with van der Waals surface area (Å²) in [6.07, 6.45) is 13.4. The summed E-state index contributed by atoms with van der Waals surface area (Å²) in [5.74, 6) is -0.0851. The standard InChI is InChI=1S/C19H24BrNO2.C5H9Cl/c1-4-5-11-21(3)18-15(7-6-8-16(18)20)14-9-10-19(2,12-14)13-17(22)23;1-2-3-4-5-6/h4-8,12H,9-11,13H2,1-3H3,(H,22,23);3-4H,2,5H2,1H3/b5-4+;4-3-. The molecule has 0 saturated heterocycles. The van der Waals surface area contributed by atoms with Crippen molar-refractivity contribution >= 4 is 44.8 Å². The number of halogens is 2. The number of nitrogens with zero attached hydrogens (tertiary/aromatic N) is 1. The Morgan fingerprint density at radius 1 is 1.34 bits per heavy atom. The Bertz CT molecular complexity index is 751. The third-order valence-corrected chi connectivity index (χ3v) is 5.68. The van der Waals surface area contributed by atoms with Crippen LogP contribution in [0.4, 0.5) is 5.69 Å². The van der Waals surface area contributed by atoms with Crippen LogP contribution in [0.15, 0.2) is 53.1 Å². The van der Waals surface area contributed by atoms with Gasteiger partial charge in [-0.15, -0.1) is 11.6 Å². The van der Waals surface area contributed by atoms with Crippen LogP contribution >= 0.6 is 27.5 Å². The van der Waals surface area contributed by atoms with E-state index >= 15 is 0 Å². The van der Waals surface area contributed by atoms with E-state index in [1.165, 1.54) is 11.1 Å². The summed E-state index contributed by atoms with van der Waals surface area (Å²) >= 11 is 8.96. The van der Waals surface area contributed by atoms with Gasteiger partial charge in [-0.3, -0.25) is 4.79 Å². The number of alkyl halides is 1. The number of para-hydroxylation sites is 1. The van der Waals surface area contributed by atoms with E-state index in [1.807, 2.05) is 38.1 Å². The third kappa shape index (κ3) is 8.39. The van der Waals surface area contributed by atoms with Crippen LogP contribution < -0.4 is 4.90 Å². The summed E-state index contributed by atoms with van der Waals surface area (Å²) < 4.78 is 1.06. The monoisotopic (exact) mass is 481 g/mol. The average Bonchev–Trinajstić information content (AvgIpc) is 3.05. The van der Waals surface area contributed by atoms with Crippen molar-refractivity contribution < 1.29 is 9.90 Å². The lowest BCUT2D eigenvalue weighted by molar-refractivity contribution is -0.138. The Hall–Kier alpha value is -1.52. The number of allylic oxidation sites excluding steroid dienone is 5. The zero-order valence-electron chi connectivity index (χ0n) is 17.9. The molecule has 0 saturated carbocycles. The smallest absolute Gasteiger partial charge is 0.304 e. The predicted octanol–water partition coefficient (Wildman–Crippen LogP) is 7.31. The van der Waals surface area contributed by atoms with Crippen molar-refractivity contribution in [1.82, 2.24) is 0 Å². The molecule has 2 rings (SSSR count). The van der Waals surface area contributed by atoms with Gasteiger partial charge >= 0.3 is 5.97 Å². The van der Waals surface area contributed by atoms with Gasteiger partial charge in [-0.05, 0) is 59.2 Å². The van der Waals surface area contributed by atoms with Crippen molar-refractivity contribution in [2.45, 2.75) is 46.5 Å². The summed E-state index contributed by atoms with van der Waals surface area (Å²) in [5, 5.41) is 9.13. The molecule has 0 fully saturated rings. The molecule has 0 bridgehead atoms. The maximum Gasteiger partial charge on any atom is 0.304 e. The largest absolute Gasteiger partial charge is 0.481 e. The number of aliphatic carboxylic acids is 1. The summed E-state index contributed by atoms with van der Waals surface area (Å²) in [6.45, 7) is 6.98.